The van der Waals surface area contributed by atoms with Crippen LogP contribution in [-0.4, -0.2) is 17.8 Å². The molecule has 1 aliphatic rings. The molecule has 4 rings (SSSR count). The second-order valence-corrected chi connectivity index (χ2v) is 8.12. The molecular formula is C23H12Br2FNO4. The lowest BCUT2D eigenvalue weighted by Crippen LogP contribution is -2.09. The Bertz CT molecular complexity index is 1220. The van der Waals surface area contributed by atoms with Crippen LogP contribution in [0, 0.1) is 5.82 Å². The predicted molar refractivity (Wildman–Crippen MR) is 120 cm³/mol. The first-order valence-electron chi connectivity index (χ1n) is 8.95. The van der Waals surface area contributed by atoms with Gasteiger partial charge in [0.25, 0.3) is 0 Å². The molecule has 0 amide bonds. The summed E-state index contributed by atoms with van der Waals surface area (Å²) in [4.78, 5) is 28.7. The normalized spacial score (nSPS) is 14.4. The maximum absolute atomic E-state index is 13.1. The number of carbonyl (C=O) groups excluding carboxylic acids is 2. The third-order valence-electron chi connectivity index (χ3n) is 4.24. The van der Waals surface area contributed by atoms with Crippen molar-refractivity contribution in [1.82, 2.24) is 0 Å². The second kappa shape index (κ2) is 8.95. The molecule has 8 heteroatoms. The Hall–Kier alpha value is -3.10. The lowest BCUT2D eigenvalue weighted by Gasteiger charge is -2.10. The van der Waals surface area contributed by atoms with Crippen molar-refractivity contribution >= 4 is 55.8 Å². The SMILES string of the molecule is O=C1OC(c2ccc(F)cc2)=N/C1=C\c1cc(Br)c(OC(=O)c2ccccc2)c(Br)c1. The summed E-state index contributed by atoms with van der Waals surface area (Å²) in [5.41, 5.74) is 1.62. The molecule has 1 heterocycles. The van der Waals surface area contributed by atoms with Gasteiger partial charge in [-0.25, -0.2) is 19.0 Å². The Morgan fingerprint density at radius 3 is 2.29 bits per heavy atom. The minimum atomic E-state index is -0.619. The van der Waals surface area contributed by atoms with Gasteiger partial charge < -0.3 is 9.47 Å². The quantitative estimate of drug-likeness (QED) is 0.232. The smallest absolute Gasteiger partial charge is 0.363 e. The van der Waals surface area contributed by atoms with E-state index < -0.39 is 17.8 Å². The van der Waals surface area contributed by atoms with E-state index in [1.807, 2.05) is 6.07 Å². The van der Waals surface area contributed by atoms with E-state index in [9.17, 15) is 14.0 Å². The number of rotatable bonds is 4. The number of cyclic esters (lactones) is 1. The average molecular weight is 545 g/mol. The summed E-state index contributed by atoms with van der Waals surface area (Å²) in [7, 11) is 0. The van der Waals surface area contributed by atoms with Crippen LogP contribution in [-0.2, 0) is 9.53 Å². The molecular weight excluding hydrogens is 533 g/mol. The van der Waals surface area contributed by atoms with Crippen molar-refractivity contribution in [2.45, 2.75) is 0 Å². The Kier molecular flexibility index (Phi) is 6.11. The highest BCUT2D eigenvalue weighted by Gasteiger charge is 2.24. The standard InChI is InChI=1S/C23H12Br2FNO4/c24-17-10-13(11-18(25)20(17)30-22(28)15-4-2-1-3-5-15)12-19-23(29)31-21(27-19)14-6-8-16(26)9-7-14/h1-12H/b19-12-. The van der Waals surface area contributed by atoms with Gasteiger partial charge in [-0.3, -0.25) is 0 Å². The second-order valence-electron chi connectivity index (χ2n) is 6.41. The molecule has 0 saturated carbocycles. The van der Waals surface area contributed by atoms with E-state index in [1.165, 1.54) is 30.3 Å². The van der Waals surface area contributed by atoms with Gasteiger partial charge in [-0.15, -0.1) is 0 Å². The zero-order chi connectivity index (χ0) is 22.0. The number of esters is 2. The van der Waals surface area contributed by atoms with Crippen LogP contribution < -0.4 is 4.74 Å². The van der Waals surface area contributed by atoms with Crippen LogP contribution in [0.3, 0.4) is 0 Å². The van der Waals surface area contributed by atoms with Gasteiger partial charge >= 0.3 is 11.9 Å². The molecule has 0 fully saturated rings. The van der Waals surface area contributed by atoms with Gasteiger partial charge in [0.1, 0.15) is 5.82 Å². The van der Waals surface area contributed by atoms with Gasteiger partial charge in [-0.05, 0) is 92.0 Å². The van der Waals surface area contributed by atoms with Crippen molar-refractivity contribution in [3.05, 3.63) is 104 Å². The zero-order valence-electron chi connectivity index (χ0n) is 15.6. The number of halogens is 3. The third-order valence-corrected chi connectivity index (χ3v) is 5.42. The lowest BCUT2D eigenvalue weighted by molar-refractivity contribution is -0.129. The van der Waals surface area contributed by atoms with Crippen LogP contribution in [0.4, 0.5) is 4.39 Å². The maximum atomic E-state index is 13.1. The molecule has 0 unspecified atom stereocenters. The van der Waals surface area contributed by atoms with Crippen molar-refractivity contribution in [2.75, 3.05) is 0 Å². The lowest BCUT2D eigenvalue weighted by atomic mass is 10.2. The number of hydrogen-bond acceptors (Lipinski definition) is 5. The molecule has 0 aliphatic carbocycles. The largest absolute Gasteiger partial charge is 0.421 e. The Balaban J connectivity index is 1.59. The molecule has 0 bridgehead atoms. The highest BCUT2D eigenvalue weighted by Crippen LogP contribution is 2.36. The van der Waals surface area contributed by atoms with Crippen molar-refractivity contribution < 1.29 is 23.5 Å². The van der Waals surface area contributed by atoms with E-state index in [0.717, 1.165) is 0 Å². The van der Waals surface area contributed by atoms with Gasteiger partial charge in [0.15, 0.2) is 11.4 Å². The number of benzene rings is 3. The molecule has 0 aromatic heterocycles. The van der Waals surface area contributed by atoms with Crippen molar-refractivity contribution in [1.29, 1.82) is 0 Å². The molecule has 3 aromatic rings. The van der Waals surface area contributed by atoms with E-state index in [2.05, 4.69) is 36.9 Å². The number of hydrogen-bond donors (Lipinski definition) is 0. The highest BCUT2D eigenvalue weighted by molar-refractivity contribution is 9.11. The van der Waals surface area contributed by atoms with E-state index in [4.69, 9.17) is 9.47 Å². The van der Waals surface area contributed by atoms with Crippen molar-refractivity contribution in [3.8, 4) is 5.75 Å². The van der Waals surface area contributed by atoms with E-state index in [1.54, 1.807) is 36.4 Å². The topological polar surface area (TPSA) is 65.0 Å². The first-order chi connectivity index (χ1) is 14.9. The minimum Gasteiger partial charge on any atom is -0.421 e. The fraction of sp³-hybridized carbons (Fsp3) is 0. The van der Waals surface area contributed by atoms with Crippen LogP contribution in [0.2, 0.25) is 0 Å². The summed E-state index contributed by atoms with van der Waals surface area (Å²) in [6.45, 7) is 0. The van der Waals surface area contributed by atoms with Crippen LogP contribution in [0.1, 0.15) is 21.5 Å². The summed E-state index contributed by atoms with van der Waals surface area (Å²) < 4.78 is 24.8. The fourth-order valence-corrected chi connectivity index (χ4v) is 4.15. The van der Waals surface area contributed by atoms with E-state index in [0.29, 0.717) is 31.4 Å². The Morgan fingerprint density at radius 2 is 1.65 bits per heavy atom. The van der Waals surface area contributed by atoms with Crippen LogP contribution in [0.25, 0.3) is 6.08 Å². The molecule has 5 nitrogen and oxygen atoms in total. The average Bonchev–Trinajstić information content (AvgIpc) is 3.12. The van der Waals surface area contributed by atoms with Crippen molar-refractivity contribution in [3.63, 3.8) is 0 Å². The zero-order valence-corrected chi connectivity index (χ0v) is 18.8. The summed E-state index contributed by atoms with van der Waals surface area (Å²) >= 11 is 6.79. The van der Waals surface area contributed by atoms with E-state index >= 15 is 0 Å². The molecule has 0 spiro atoms. The van der Waals surface area contributed by atoms with Crippen molar-refractivity contribution in [2.24, 2.45) is 4.99 Å². The van der Waals surface area contributed by atoms with Crippen LogP contribution in [0.5, 0.6) is 5.75 Å². The van der Waals surface area contributed by atoms with Gasteiger partial charge in [0.2, 0.25) is 5.90 Å². The summed E-state index contributed by atoms with van der Waals surface area (Å²) in [6, 6.07) is 17.5. The van der Waals surface area contributed by atoms with Gasteiger partial charge in [-0.1, -0.05) is 18.2 Å². The Morgan fingerprint density at radius 1 is 1.00 bits per heavy atom. The minimum absolute atomic E-state index is 0.0900. The Labute approximate surface area is 193 Å². The number of carbonyl (C=O) groups is 2. The third kappa shape index (κ3) is 4.81. The number of ether oxygens (including phenoxy) is 2. The molecule has 3 aromatic carbocycles. The fourth-order valence-electron chi connectivity index (χ4n) is 2.77. The maximum Gasteiger partial charge on any atom is 0.363 e. The first kappa shape index (κ1) is 21.1. The van der Waals surface area contributed by atoms with Gasteiger partial charge in [-0.2, -0.15) is 0 Å². The van der Waals surface area contributed by atoms with Gasteiger partial charge in [0, 0.05) is 5.56 Å². The van der Waals surface area contributed by atoms with Gasteiger partial charge in [0.05, 0.1) is 14.5 Å². The summed E-state index contributed by atoms with van der Waals surface area (Å²) in [5.74, 6) is -1.11. The highest BCUT2D eigenvalue weighted by atomic mass is 79.9. The molecule has 0 radical (unpaired) electrons. The van der Waals surface area contributed by atoms with E-state index in [-0.39, 0.29) is 11.6 Å². The molecule has 154 valence electrons. The summed E-state index contributed by atoms with van der Waals surface area (Å²) in [6.07, 6.45) is 1.54. The molecule has 1 aliphatic heterocycles. The number of nitrogens with zero attached hydrogens (tertiary/aromatic N) is 1. The monoisotopic (exact) mass is 543 g/mol. The number of aliphatic imine (C=N–C) groups is 1. The molecule has 31 heavy (non-hydrogen) atoms. The summed E-state index contributed by atoms with van der Waals surface area (Å²) in [5, 5.41) is 0. The molecule has 0 atom stereocenters. The predicted octanol–water partition coefficient (Wildman–Crippen LogP) is 5.91. The molecule has 0 saturated heterocycles. The molecule has 0 N–H and O–H groups in total. The van der Waals surface area contributed by atoms with Crippen LogP contribution >= 0.6 is 31.9 Å². The van der Waals surface area contributed by atoms with Crippen LogP contribution in [0.15, 0.2) is 86.4 Å². The first-order valence-corrected chi connectivity index (χ1v) is 10.5.